The molecule has 182 valence electrons. The Kier molecular flexibility index (Phi) is 6.93. The van der Waals surface area contributed by atoms with E-state index in [4.69, 9.17) is 0 Å². The van der Waals surface area contributed by atoms with E-state index in [0.29, 0.717) is 17.8 Å². The average molecular weight is 492 g/mol. The summed E-state index contributed by atoms with van der Waals surface area (Å²) in [6.07, 6.45) is 0.648. The van der Waals surface area contributed by atoms with E-state index in [1.54, 1.807) is 24.3 Å². The summed E-state index contributed by atoms with van der Waals surface area (Å²) in [5, 5.41) is 5.66. The molecule has 0 aromatic heterocycles. The topological polar surface area (TPSA) is 95.6 Å². The molecule has 0 radical (unpaired) electrons. The molecule has 0 fully saturated rings. The molecule has 1 aliphatic heterocycles. The van der Waals surface area contributed by atoms with Gasteiger partial charge in [0.2, 0.25) is 5.91 Å². The molecule has 0 aliphatic carbocycles. The fraction of sp³-hybridized carbons (Fsp3) is 0.259. The van der Waals surface area contributed by atoms with Crippen LogP contribution in [0.2, 0.25) is 0 Å². The van der Waals surface area contributed by atoms with Crippen molar-refractivity contribution in [1.82, 2.24) is 5.32 Å². The predicted molar refractivity (Wildman–Crippen MR) is 137 cm³/mol. The normalized spacial score (nSPS) is 15.1. The average Bonchev–Trinajstić information content (AvgIpc) is 3.19. The van der Waals surface area contributed by atoms with E-state index < -0.39 is 10.0 Å². The molecule has 8 heteroatoms. The maximum absolute atomic E-state index is 13.5. The summed E-state index contributed by atoms with van der Waals surface area (Å²) in [6, 6.07) is 20.6. The molecule has 4 rings (SSSR count). The van der Waals surface area contributed by atoms with Crippen molar-refractivity contribution >= 4 is 33.2 Å². The fourth-order valence-corrected chi connectivity index (χ4v) is 5.83. The van der Waals surface area contributed by atoms with Gasteiger partial charge in [-0.25, -0.2) is 8.42 Å². The first-order chi connectivity index (χ1) is 16.7. The van der Waals surface area contributed by atoms with Gasteiger partial charge in [-0.1, -0.05) is 50.2 Å². The van der Waals surface area contributed by atoms with E-state index in [9.17, 15) is 18.0 Å². The van der Waals surface area contributed by atoms with Crippen LogP contribution in [0.5, 0.6) is 0 Å². The first-order valence-electron chi connectivity index (χ1n) is 11.6. The molecule has 0 spiro atoms. The monoisotopic (exact) mass is 491 g/mol. The zero-order valence-electron chi connectivity index (χ0n) is 20.0. The lowest BCUT2D eigenvalue weighted by Crippen LogP contribution is -2.35. The molecule has 1 aliphatic rings. The fourth-order valence-electron chi connectivity index (χ4n) is 4.09. The molecule has 7 nitrogen and oxygen atoms in total. The number of amides is 2. The third-order valence-corrected chi connectivity index (χ3v) is 7.92. The summed E-state index contributed by atoms with van der Waals surface area (Å²) in [7, 11) is -3.83. The molecule has 1 atom stereocenters. The second-order valence-corrected chi connectivity index (χ2v) is 10.8. The number of nitrogens with one attached hydrogen (secondary N) is 2. The van der Waals surface area contributed by atoms with E-state index in [1.807, 2.05) is 57.2 Å². The molecular formula is C27H29N3O4S. The molecule has 1 unspecified atom stereocenters. The highest BCUT2D eigenvalue weighted by Crippen LogP contribution is 2.36. The SMILES string of the molecule is CC(C)C(=O)Nc1ccc(CNC(=O)c2cccc(S(=O)(=O)N3c4ccccc4CC3C)c2)cc1. The minimum absolute atomic E-state index is 0.0623. The van der Waals surface area contributed by atoms with Crippen LogP contribution in [0.3, 0.4) is 0 Å². The Morgan fingerprint density at radius 3 is 2.43 bits per heavy atom. The molecule has 3 aromatic rings. The van der Waals surface area contributed by atoms with E-state index >= 15 is 0 Å². The molecule has 0 bridgehead atoms. The first kappa shape index (κ1) is 24.5. The van der Waals surface area contributed by atoms with Gasteiger partial charge in [-0.15, -0.1) is 0 Å². The van der Waals surface area contributed by atoms with Gasteiger partial charge in [0, 0.05) is 29.8 Å². The number of hydrogen-bond donors (Lipinski definition) is 2. The minimum Gasteiger partial charge on any atom is -0.348 e. The third kappa shape index (κ3) is 5.22. The van der Waals surface area contributed by atoms with Crippen molar-refractivity contribution in [1.29, 1.82) is 0 Å². The summed E-state index contributed by atoms with van der Waals surface area (Å²) in [6.45, 7) is 5.80. The molecule has 0 saturated carbocycles. The molecular weight excluding hydrogens is 462 g/mol. The van der Waals surface area contributed by atoms with Crippen molar-refractivity contribution in [2.24, 2.45) is 5.92 Å². The van der Waals surface area contributed by atoms with Crippen LogP contribution in [0.15, 0.2) is 77.7 Å². The Balaban J connectivity index is 1.45. The number of para-hydroxylation sites is 1. The van der Waals surface area contributed by atoms with Crippen LogP contribution in [-0.2, 0) is 27.8 Å². The van der Waals surface area contributed by atoms with E-state index in [2.05, 4.69) is 10.6 Å². The van der Waals surface area contributed by atoms with Crippen LogP contribution in [0, 0.1) is 5.92 Å². The predicted octanol–water partition coefficient (Wildman–Crippen LogP) is 4.35. The second-order valence-electron chi connectivity index (χ2n) is 9.03. The Bertz CT molecular complexity index is 1350. The highest BCUT2D eigenvalue weighted by Gasteiger charge is 2.36. The zero-order valence-corrected chi connectivity index (χ0v) is 20.8. The van der Waals surface area contributed by atoms with Gasteiger partial charge in [-0.05, 0) is 60.9 Å². The van der Waals surface area contributed by atoms with Gasteiger partial charge in [0.25, 0.3) is 15.9 Å². The number of sulfonamides is 1. The van der Waals surface area contributed by atoms with Gasteiger partial charge in [0.1, 0.15) is 0 Å². The standard InChI is InChI=1S/C27H29N3O4S/c1-18(2)26(31)29-23-13-11-20(12-14-23)17-28-27(32)22-8-6-9-24(16-22)35(33,34)30-19(3)15-21-7-4-5-10-25(21)30/h4-14,16,18-19H,15,17H2,1-3H3,(H,28,32)(H,29,31). The summed E-state index contributed by atoms with van der Waals surface area (Å²) in [4.78, 5) is 24.7. The highest BCUT2D eigenvalue weighted by atomic mass is 32.2. The van der Waals surface area contributed by atoms with E-state index in [-0.39, 0.29) is 40.8 Å². The Morgan fingerprint density at radius 2 is 1.71 bits per heavy atom. The van der Waals surface area contributed by atoms with Crippen molar-refractivity contribution < 1.29 is 18.0 Å². The summed E-state index contributed by atoms with van der Waals surface area (Å²) in [5.74, 6) is -0.543. The van der Waals surface area contributed by atoms with Gasteiger partial charge in [-0.3, -0.25) is 13.9 Å². The number of benzene rings is 3. The summed E-state index contributed by atoms with van der Waals surface area (Å²) < 4.78 is 28.4. The van der Waals surface area contributed by atoms with Crippen LogP contribution < -0.4 is 14.9 Å². The van der Waals surface area contributed by atoms with Crippen LogP contribution >= 0.6 is 0 Å². The van der Waals surface area contributed by atoms with Crippen LogP contribution in [0.1, 0.15) is 42.3 Å². The van der Waals surface area contributed by atoms with Gasteiger partial charge in [0.05, 0.1) is 10.6 Å². The van der Waals surface area contributed by atoms with E-state index in [0.717, 1.165) is 11.1 Å². The number of rotatable bonds is 7. The van der Waals surface area contributed by atoms with Crippen molar-refractivity contribution in [3.05, 3.63) is 89.5 Å². The maximum Gasteiger partial charge on any atom is 0.264 e. The van der Waals surface area contributed by atoms with E-state index in [1.165, 1.54) is 16.4 Å². The minimum atomic E-state index is -3.83. The lowest BCUT2D eigenvalue weighted by molar-refractivity contribution is -0.118. The zero-order chi connectivity index (χ0) is 25.2. The Hall–Kier alpha value is -3.65. The number of nitrogens with zero attached hydrogens (tertiary/aromatic N) is 1. The lowest BCUT2D eigenvalue weighted by Gasteiger charge is -2.24. The quantitative estimate of drug-likeness (QED) is 0.514. The van der Waals surface area contributed by atoms with Crippen molar-refractivity contribution in [3.8, 4) is 0 Å². The third-order valence-electron chi connectivity index (χ3n) is 6.00. The first-order valence-corrected chi connectivity index (χ1v) is 13.0. The maximum atomic E-state index is 13.5. The van der Waals surface area contributed by atoms with Crippen molar-refractivity contribution in [2.75, 3.05) is 9.62 Å². The summed E-state index contributed by atoms with van der Waals surface area (Å²) in [5.41, 5.74) is 3.49. The smallest absolute Gasteiger partial charge is 0.264 e. The van der Waals surface area contributed by atoms with Gasteiger partial charge < -0.3 is 10.6 Å². The number of carbonyl (C=O) groups is 2. The lowest BCUT2D eigenvalue weighted by atomic mass is 10.1. The van der Waals surface area contributed by atoms with Crippen molar-refractivity contribution in [2.45, 2.75) is 44.7 Å². The molecule has 2 N–H and O–H groups in total. The van der Waals surface area contributed by atoms with Crippen LogP contribution in [0.25, 0.3) is 0 Å². The number of fused-ring (bicyclic) bond motifs is 1. The van der Waals surface area contributed by atoms with Crippen LogP contribution in [0.4, 0.5) is 11.4 Å². The van der Waals surface area contributed by atoms with Crippen LogP contribution in [-0.4, -0.2) is 26.3 Å². The van der Waals surface area contributed by atoms with Gasteiger partial charge in [0.15, 0.2) is 0 Å². The molecule has 3 aromatic carbocycles. The Labute approximate surface area is 206 Å². The molecule has 2 amide bonds. The molecule has 1 heterocycles. The highest BCUT2D eigenvalue weighted by molar-refractivity contribution is 7.92. The number of anilines is 2. The number of carbonyl (C=O) groups excluding carboxylic acids is 2. The van der Waals surface area contributed by atoms with Gasteiger partial charge >= 0.3 is 0 Å². The van der Waals surface area contributed by atoms with Gasteiger partial charge in [-0.2, -0.15) is 0 Å². The largest absolute Gasteiger partial charge is 0.348 e. The Morgan fingerprint density at radius 1 is 1.00 bits per heavy atom. The molecule has 0 saturated heterocycles. The summed E-state index contributed by atoms with van der Waals surface area (Å²) >= 11 is 0. The second kappa shape index (κ2) is 9.92. The number of hydrogen-bond acceptors (Lipinski definition) is 4. The van der Waals surface area contributed by atoms with Crippen molar-refractivity contribution in [3.63, 3.8) is 0 Å². The molecule has 35 heavy (non-hydrogen) atoms.